The number of hydrogen-bond donors (Lipinski definition) is 0. The molecule has 6 heteroatoms. The molecule has 0 amide bonds. The summed E-state index contributed by atoms with van der Waals surface area (Å²) in [6.45, 7) is 0. The summed E-state index contributed by atoms with van der Waals surface area (Å²) in [7, 11) is 3.21. The monoisotopic (exact) mass is 178 g/mol. The van der Waals surface area contributed by atoms with Gasteiger partial charge in [-0.25, -0.2) is 4.98 Å². The topological polar surface area (TPSA) is 43.8 Å². The lowest BCUT2D eigenvalue weighted by molar-refractivity contribution is 0.381. The molecule has 1 aromatic rings. The van der Waals surface area contributed by atoms with Gasteiger partial charge in [0.1, 0.15) is 0 Å². The molecule has 0 saturated heterocycles. The predicted molar refractivity (Wildman–Crippen MR) is 46.2 cm³/mol. The fraction of sp³-hybridized carbons (Fsp3) is 0.286. The third-order valence-electron chi connectivity index (χ3n) is 2.01. The highest BCUT2D eigenvalue weighted by atomic mass is 16.8. The van der Waals surface area contributed by atoms with Gasteiger partial charge in [-0.1, -0.05) is 0 Å². The van der Waals surface area contributed by atoms with Gasteiger partial charge in [-0.3, -0.25) is 0 Å². The van der Waals surface area contributed by atoms with Gasteiger partial charge in [-0.2, -0.15) is 0 Å². The zero-order valence-electron chi connectivity index (χ0n) is 7.27. The standard InChI is InChI=1S/C7H7BN2O3/c1-10(2)7-6-5-4(3-9-7)11-8(12-5)13-6/h3H,1-2H3. The van der Waals surface area contributed by atoms with Crippen LogP contribution in [0.15, 0.2) is 6.20 Å². The first-order valence-electron chi connectivity index (χ1n) is 3.96. The van der Waals surface area contributed by atoms with E-state index in [2.05, 4.69) is 4.98 Å². The van der Waals surface area contributed by atoms with Crippen molar-refractivity contribution in [2.75, 3.05) is 19.0 Å². The van der Waals surface area contributed by atoms with E-state index >= 15 is 0 Å². The summed E-state index contributed by atoms with van der Waals surface area (Å²) in [5.74, 6) is 2.78. The molecule has 0 unspecified atom stereocenters. The first kappa shape index (κ1) is 6.88. The van der Waals surface area contributed by atoms with Crippen LogP contribution in [0.25, 0.3) is 0 Å². The zero-order chi connectivity index (χ0) is 9.00. The summed E-state index contributed by atoms with van der Waals surface area (Å²) in [6, 6.07) is 0. The quantitative estimate of drug-likeness (QED) is 0.578. The number of pyridine rings is 1. The minimum absolute atomic E-state index is 0.596. The molecule has 1 aromatic heterocycles. The van der Waals surface area contributed by atoms with E-state index in [4.69, 9.17) is 14.0 Å². The van der Waals surface area contributed by atoms with E-state index in [-0.39, 0.29) is 0 Å². The van der Waals surface area contributed by atoms with Crippen LogP contribution in [0.1, 0.15) is 0 Å². The van der Waals surface area contributed by atoms with E-state index in [1.54, 1.807) is 6.20 Å². The Kier molecular flexibility index (Phi) is 1.07. The summed E-state index contributed by atoms with van der Waals surface area (Å²) in [5, 5.41) is 0. The predicted octanol–water partition coefficient (Wildman–Crippen LogP) is 0.296. The van der Waals surface area contributed by atoms with Crippen molar-refractivity contribution in [2.45, 2.75) is 0 Å². The first-order chi connectivity index (χ1) is 6.25. The SMILES string of the molecule is CN(C)c1ncc2c3c1OB(O2)O3. The van der Waals surface area contributed by atoms with Gasteiger partial charge in [0.25, 0.3) is 0 Å². The minimum atomic E-state index is -0.596. The van der Waals surface area contributed by atoms with E-state index in [0.29, 0.717) is 17.2 Å². The van der Waals surface area contributed by atoms with Gasteiger partial charge in [0.05, 0.1) is 6.20 Å². The smallest absolute Gasteiger partial charge is 0.485 e. The Morgan fingerprint density at radius 2 is 2.00 bits per heavy atom. The molecule has 2 aliphatic heterocycles. The number of anilines is 1. The van der Waals surface area contributed by atoms with Crippen LogP contribution in [0.2, 0.25) is 0 Å². The van der Waals surface area contributed by atoms with Crippen LogP contribution in [-0.4, -0.2) is 26.4 Å². The van der Waals surface area contributed by atoms with Crippen molar-refractivity contribution in [3.63, 3.8) is 0 Å². The van der Waals surface area contributed by atoms with Gasteiger partial charge in [0, 0.05) is 14.1 Å². The number of fused-ring (bicyclic) bond motifs is 1. The average molecular weight is 178 g/mol. The highest BCUT2D eigenvalue weighted by Crippen LogP contribution is 2.50. The molecule has 2 bridgehead atoms. The Morgan fingerprint density at radius 3 is 2.69 bits per heavy atom. The van der Waals surface area contributed by atoms with Gasteiger partial charge in [0.2, 0.25) is 0 Å². The molecule has 0 spiro atoms. The molecule has 3 heterocycles. The van der Waals surface area contributed by atoms with Crippen LogP contribution < -0.4 is 18.9 Å². The van der Waals surface area contributed by atoms with Crippen LogP contribution in [0, 0.1) is 0 Å². The van der Waals surface area contributed by atoms with Crippen molar-refractivity contribution >= 4 is 13.1 Å². The molecule has 0 aromatic carbocycles. The van der Waals surface area contributed by atoms with E-state index in [1.165, 1.54) is 0 Å². The first-order valence-corrected chi connectivity index (χ1v) is 3.96. The summed E-state index contributed by atoms with van der Waals surface area (Å²) in [6.07, 6.45) is 1.65. The number of nitrogens with zero attached hydrogens (tertiary/aromatic N) is 2. The van der Waals surface area contributed by atoms with Crippen LogP contribution in [0.5, 0.6) is 17.2 Å². The van der Waals surface area contributed by atoms with Crippen molar-refractivity contribution in [3.8, 4) is 17.2 Å². The molecule has 0 N–H and O–H groups in total. The second-order valence-corrected chi connectivity index (χ2v) is 3.14. The lowest BCUT2D eigenvalue weighted by Crippen LogP contribution is -2.30. The van der Waals surface area contributed by atoms with Gasteiger partial charge < -0.3 is 18.9 Å². The number of hydrogen-bond acceptors (Lipinski definition) is 5. The van der Waals surface area contributed by atoms with Crippen LogP contribution in [0.3, 0.4) is 0 Å². The van der Waals surface area contributed by atoms with Gasteiger partial charge in [-0.15, -0.1) is 0 Å². The average Bonchev–Trinajstić information content (AvgIpc) is 2.59. The van der Waals surface area contributed by atoms with Crippen molar-refractivity contribution in [3.05, 3.63) is 6.20 Å². The Hall–Kier alpha value is -1.59. The normalized spacial score (nSPS) is 15.1. The fourth-order valence-electron chi connectivity index (χ4n) is 1.44. The zero-order valence-corrected chi connectivity index (χ0v) is 7.27. The summed E-state index contributed by atoms with van der Waals surface area (Å²) >= 11 is 0. The second-order valence-electron chi connectivity index (χ2n) is 3.14. The molecule has 0 atom stereocenters. The van der Waals surface area contributed by atoms with Crippen molar-refractivity contribution in [1.29, 1.82) is 0 Å². The molecule has 3 rings (SSSR count). The lowest BCUT2D eigenvalue weighted by atomic mass is 10.2. The van der Waals surface area contributed by atoms with Crippen molar-refractivity contribution in [2.24, 2.45) is 0 Å². The maximum atomic E-state index is 5.33. The largest absolute Gasteiger partial charge is 0.864 e. The Bertz CT molecular complexity index is 382. The summed E-state index contributed by atoms with van der Waals surface area (Å²) < 4.78 is 15.8. The van der Waals surface area contributed by atoms with Gasteiger partial charge >= 0.3 is 7.32 Å². The third-order valence-corrected chi connectivity index (χ3v) is 2.01. The highest BCUT2D eigenvalue weighted by Gasteiger charge is 2.48. The molecular weight excluding hydrogens is 171 g/mol. The molecule has 0 aliphatic carbocycles. The molecule has 0 radical (unpaired) electrons. The van der Waals surface area contributed by atoms with Crippen molar-refractivity contribution < 1.29 is 14.0 Å². The molecule has 0 fully saturated rings. The number of rotatable bonds is 1. The number of aromatic nitrogens is 1. The third kappa shape index (κ3) is 0.747. The maximum absolute atomic E-state index is 5.33. The Labute approximate surface area is 75.4 Å². The highest BCUT2D eigenvalue weighted by molar-refractivity contribution is 6.43. The second kappa shape index (κ2) is 2.01. The fourth-order valence-corrected chi connectivity index (χ4v) is 1.44. The van der Waals surface area contributed by atoms with E-state index in [0.717, 1.165) is 5.82 Å². The Balaban J connectivity index is 2.22. The molecular formula is C7H7BN2O3. The molecule has 13 heavy (non-hydrogen) atoms. The summed E-state index contributed by atoms with van der Waals surface area (Å²) in [5.41, 5.74) is 0. The minimum Gasteiger partial charge on any atom is -0.485 e. The van der Waals surface area contributed by atoms with E-state index < -0.39 is 7.32 Å². The molecule has 0 saturated carbocycles. The Morgan fingerprint density at radius 1 is 1.23 bits per heavy atom. The van der Waals surface area contributed by atoms with Crippen LogP contribution in [0.4, 0.5) is 5.82 Å². The maximum Gasteiger partial charge on any atom is 0.864 e. The van der Waals surface area contributed by atoms with Crippen molar-refractivity contribution in [1.82, 2.24) is 4.98 Å². The van der Waals surface area contributed by atoms with Crippen LogP contribution >= 0.6 is 0 Å². The molecule has 2 aliphatic rings. The lowest BCUT2D eigenvalue weighted by Gasteiger charge is -2.16. The van der Waals surface area contributed by atoms with Gasteiger partial charge in [-0.05, 0) is 0 Å². The molecule has 66 valence electrons. The van der Waals surface area contributed by atoms with Gasteiger partial charge in [0.15, 0.2) is 23.1 Å². The molecule has 5 nitrogen and oxygen atoms in total. The van der Waals surface area contributed by atoms with E-state index in [1.807, 2.05) is 19.0 Å². The van der Waals surface area contributed by atoms with E-state index in [9.17, 15) is 0 Å². The van der Waals surface area contributed by atoms with Crippen LogP contribution in [-0.2, 0) is 0 Å². The summed E-state index contributed by atoms with van der Waals surface area (Å²) in [4.78, 5) is 6.06.